The molecule has 4 nitrogen and oxygen atoms in total. The highest BCUT2D eigenvalue weighted by molar-refractivity contribution is 7.89. The highest BCUT2D eigenvalue weighted by Gasteiger charge is 2.35. The van der Waals surface area contributed by atoms with Gasteiger partial charge in [0.2, 0.25) is 10.0 Å². The van der Waals surface area contributed by atoms with Crippen molar-refractivity contribution in [1.29, 1.82) is 0 Å². The number of piperazine rings is 1. The topological polar surface area (TPSA) is 40.6 Å². The summed E-state index contributed by atoms with van der Waals surface area (Å²) in [6.07, 6.45) is -4.64. The first-order chi connectivity index (χ1) is 12.2. The minimum absolute atomic E-state index is 0.170. The highest BCUT2D eigenvalue weighted by Crippen LogP contribution is 2.34. The lowest BCUT2D eigenvalue weighted by Gasteiger charge is -2.35. The van der Waals surface area contributed by atoms with Crippen molar-refractivity contribution >= 4 is 27.3 Å². The largest absolute Gasteiger partial charge is 0.416 e. The van der Waals surface area contributed by atoms with E-state index in [1.54, 1.807) is 0 Å². The number of rotatable bonds is 3. The minimum atomic E-state index is -4.64. The first kappa shape index (κ1) is 19.0. The molecule has 1 aliphatic rings. The molecule has 0 aliphatic carbocycles. The van der Waals surface area contributed by atoms with Crippen LogP contribution in [-0.2, 0) is 16.2 Å². The second-order valence-corrected chi connectivity index (χ2v) is 8.18. The second kappa shape index (κ2) is 7.09. The van der Waals surface area contributed by atoms with E-state index in [0.29, 0.717) is 19.2 Å². The summed E-state index contributed by atoms with van der Waals surface area (Å²) in [5.41, 5.74) is -0.0648. The maximum absolute atomic E-state index is 12.9. The van der Waals surface area contributed by atoms with Crippen LogP contribution in [0.25, 0.3) is 0 Å². The van der Waals surface area contributed by atoms with E-state index in [2.05, 4.69) is 0 Å². The van der Waals surface area contributed by atoms with Gasteiger partial charge in [0.1, 0.15) is 4.90 Å². The van der Waals surface area contributed by atoms with E-state index < -0.39 is 26.7 Å². The molecule has 1 aliphatic heterocycles. The third-order valence-corrected chi connectivity index (χ3v) is 6.62. The van der Waals surface area contributed by atoms with Crippen molar-refractivity contribution in [3.63, 3.8) is 0 Å². The smallest absolute Gasteiger partial charge is 0.369 e. The molecule has 1 fully saturated rings. The van der Waals surface area contributed by atoms with E-state index in [1.807, 2.05) is 35.2 Å². The molecular formula is C17H16ClF3N2O2S. The van der Waals surface area contributed by atoms with E-state index in [0.717, 1.165) is 17.8 Å². The zero-order valence-corrected chi connectivity index (χ0v) is 15.2. The van der Waals surface area contributed by atoms with Crippen LogP contribution in [0.1, 0.15) is 5.56 Å². The molecule has 0 unspecified atom stereocenters. The molecule has 0 amide bonds. The molecule has 0 spiro atoms. The molecule has 9 heteroatoms. The van der Waals surface area contributed by atoms with Gasteiger partial charge in [-0.1, -0.05) is 29.8 Å². The Morgan fingerprint density at radius 3 is 2.12 bits per heavy atom. The number of hydrogen-bond acceptors (Lipinski definition) is 3. The predicted molar refractivity (Wildman–Crippen MR) is 93.9 cm³/mol. The van der Waals surface area contributed by atoms with Gasteiger partial charge in [-0.25, -0.2) is 8.42 Å². The van der Waals surface area contributed by atoms with E-state index >= 15 is 0 Å². The fourth-order valence-electron chi connectivity index (χ4n) is 2.84. The molecule has 0 N–H and O–H groups in total. The van der Waals surface area contributed by atoms with Gasteiger partial charge in [-0.3, -0.25) is 0 Å². The molecule has 26 heavy (non-hydrogen) atoms. The average molecular weight is 405 g/mol. The molecular weight excluding hydrogens is 389 g/mol. The Bertz CT molecular complexity index is 881. The van der Waals surface area contributed by atoms with Gasteiger partial charge >= 0.3 is 6.18 Å². The number of alkyl halides is 3. The molecule has 0 saturated carbocycles. The van der Waals surface area contributed by atoms with Crippen molar-refractivity contribution in [3.05, 3.63) is 59.1 Å². The fourth-order valence-corrected chi connectivity index (χ4v) is 4.76. The van der Waals surface area contributed by atoms with Gasteiger partial charge in [0.15, 0.2) is 0 Å². The Morgan fingerprint density at radius 1 is 0.923 bits per heavy atom. The van der Waals surface area contributed by atoms with Gasteiger partial charge in [-0.15, -0.1) is 0 Å². The van der Waals surface area contributed by atoms with Crippen molar-refractivity contribution in [2.45, 2.75) is 11.1 Å². The predicted octanol–water partition coefficient (Wildman–Crippen LogP) is 3.87. The SMILES string of the molecule is O=S(=O)(c1cc(C(F)(F)F)ccc1Cl)N1CCN(c2ccccc2)CC1. The molecule has 140 valence electrons. The molecule has 1 saturated heterocycles. The molecule has 0 bridgehead atoms. The van der Waals surface area contributed by atoms with E-state index in [9.17, 15) is 21.6 Å². The van der Waals surface area contributed by atoms with Crippen LogP contribution in [0.15, 0.2) is 53.4 Å². The van der Waals surface area contributed by atoms with Gasteiger partial charge in [0.05, 0.1) is 10.6 Å². The van der Waals surface area contributed by atoms with E-state index in [1.165, 1.54) is 4.31 Å². The summed E-state index contributed by atoms with van der Waals surface area (Å²) in [4.78, 5) is 1.52. The Kier molecular flexibility index (Phi) is 5.18. The Hall–Kier alpha value is -1.77. The van der Waals surface area contributed by atoms with E-state index in [-0.39, 0.29) is 18.1 Å². The van der Waals surface area contributed by atoms with Crippen molar-refractivity contribution in [3.8, 4) is 0 Å². The first-order valence-electron chi connectivity index (χ1n) is 7.86. The van der Waals surface area contributed by atoms with Crippen LogP contribution in [0.5, 0.6) is 0 Å². The summed E-state index contributed by atoms with van der Waals surface area (Å²) >= 11 is 5.89. The number of hydrogen-bond donors (Lipinski definition) is 0. The van der Waals surface area contributed by atoms with Crippen molar-refractivity contribution in [1.82, 2.24) is 4.31 Å². The van der Waals surface area contributed by atoms with Crippen LogP contribution >= 0.6 is 11.6 Å². The van der Waals surface area contributed by atoms with Gasteiger partial charge < -0.3 is 4.90 Å². The van der Waals surface area contributed by atoms with Crippen LogP contribution in [0, 0.1) is 0 Å². The summed E-state index contributed by atoms with van der Waals surface area (Å²) in [6.45, 7) is 1.23. The molecule has 2 aromatic rings. The Morgan fingerprint density at radius 2 is 1.54 bits per heavy atom. The Balaban J connectivity index is 1.82. The molecule has 2 aromatic carbocycles. The molecule has 0 radical (unpaired) electrons. The number of anilines is 1. The number of nitrogens with zero attached hydrogens (tertiary/aromatic N) is 2. The lowest BCUT2D eigenvalue weighted by molar-refractivity contribution is -0.137. The quantitative estimate of drug-likeness (QED) is 0.779. The van der Waals surface area contributed by atoms with Gasteiger partial charge in [-0.2, -0.15) is 17.5 Å². The van der Waals surface area contributed by atoms with Crippen LogP contribution in [-0.4, -0.2) is 38.9 Å². The Labute approximate surface area is 154 Å². The first-order valence-corrected chi connectivity index (χ1v) is 9.68. The number of benzene rings is 2. The zero-order chi connectivity index (χ0) is 18.9. The number of halogens is 4. The second-order valence-electron chi connectivity index (χ2n) is 5.87. The third-order valence-electron chi connectivity index (χ3n) is 4.24. The summed E-state index contributed by atoms with van der Waals surface area (Å²) in [7, 11) is -4.11. The third kappa shape index (κ3) is 3.82. The lowest BCUT2D eigenvalue weighted by Crippen LogP contribution is -2.48. The normalized spacial score (nSPS) is 16.7. The lowest BCUT2D eigenvalue weighted by atomic mass is 10.2. The fraction of sp³-hybridized carbons (Fsp3) is 0.294. The maximum atomic E-state index is 12.9. The summed E-state index contributed by atoms with van der Waals surface area (Å²) in [6, 6.07) is 11.9. The van der Waals surface area contributed by atoms with Crippen molar-refractivity contribution in [2.24, 2.45) is 0 Å². The van der Waals surface area contributed by atoms with Crippen LogP contribution < -0.4 is 4.90 Å². The number of para-hydroxylation sites is 1. The van der Waals surface area contributed by atoms with Crippen LogP contribution in [0.4, 0.5) is 18.9 Å². The molecule has 0 atom stereocenters. The van der Waals surface area contributed by atoms with Gasteiger partial charge in [-0.05, 0) is 30.3 Å². The van der Waals surface area contributed by atoms with Crippen molar-refractivity contribution in [2.75, 3.05) is 31.1 Å². The van der Waals surface area contributed by atoms with Crippen LogP contribution in [0.3, 0.4) is 0 Å². The summed E-state index contributed by atoms with van der Waals surface area (Å²) in [5.74, 6) is 0. The molecule has 1 heterocycles. The van der Waals surface area contributed by atoms with Gasteiger partial charge in [0.25, 0.3) is 0 Å². The highest BCUT2D eigenvalue weighted by atomic mass is 35.5. The van der Waals surface area contributed by atoms with Gasteiger partial charge in [0, 0.05) is 31.9 Å². The standard InChI is InChI=1S/C17H16ClF3N2O2S/c18-15-7-6-13(17(19,20)21)12-16(15)26(24,25)23-10-8-22(9-11-23)14-4-2-1-3-5-14/h1-7,12H,8-11H2. The molecule has 0 aromatic heterocycles. The van der Waals surface area contributed by atoms with E-state index in [4.69, 9.17) is 11.6 Å². The minimum Gasteiger partial charge on any atom is -0.369 e. The molecule has 3 rings (SSSR count). The zero-order valence-electron chi connectivity index (χ0n) is 13.6. The summed E-state index contributed by atoms with van der Waals surface area (Å²) < 4.78 is 65.5. The summed E-state index contributed by atoms with van der Waals surface area (Å²) in [5, 5.41) is -0.219. The van der Waals surface area contributed by atoms with Crippen LogP contribution in [0.2, 0.25) is 5.02 Å². The monoisotopic (exact) mass is 404 g/mol. The number of sulfonamides is 1. The average Bonchev–Trinajstić information content (AvgIpc) is 2.62. The maximum Gasteiger partial charge on any atom is 0.416 e. The van der Waals surface area contributed by atoms with Crippen molar-refractivity contribution < 1.29 is 21.6 Å².